The third kappa shape index (κ3) is 3.72. The molecule has 0 saturated carbocycles. The molecule has 3 N–H and O–H groups in total. The zero-order chi connectivity index (χ0) is 15.3. The molecular weight excluding hydrogens is 256 g/mol. The van der Waals surface area contributed by atoms with Crippen LogP contribution < -0.4 is 5.73 Å². The maximum atomic E-state index is 12.4. The molecule has 5 heteroatoms. The van der Waals surface area contributed by atoms with Crippen LogP contribution in [0.4, 0.5) is 0 Å². The minimum Gasteiger partial charge on any atom is -0.481 e. The number of carbonyl (C=O) groups is 2. The van der Waals surface area contributed by atoms with Crippen LogP contribution >= 0.6 is 0 Å². The Hall–Kier alpha value is -1.10. The number of hydrogen-bond acceptors (Lipinski definition) is 3. The molecule has 0 aliphatic carbocycles. The number of nitrogens with two attached hydrogens (primary N) is 1. The van der Waals surface area contributed by atoms with E-state index in [1.165, 1.54) is 0 Å². The summed E-state index contributed by atoms with van der Waals surface area (Å²) in [4.78, 5) is 25.6. The van der Waals surface area contributed by atoms with Gasteiger partial charge in [0.15, 0.2) is 0 Å². The van der Waals surface area contributed by atoms with Gasteiger partial charge in [-0.15, -0.1) is 0 Å². The van der Waals surface area contributed by atoms with Crippen molar-refractivity contribution in [2.24, 2.45) is 23.0 Å². The average Bonchev–Trinajstić information content (AvgIpc) is 2.43. The van der Waals surface area contributed by atoms with Crippen molar-refractivity contribution in [2.75, 3.05) is 19.6 Å². The highest BCUT2D eigenvalue weighted by Gasteiger charge is 2.41. The second-order valence-electron chi connectivity index (χ2n) is 6.33. The summed E-state index contributed by atoms with van der Waals surface area (Å²) in [7, 11) is 0. The van der Waals surface area contributed by atoms with Crippen molar-refractivity contribution in [2.45, 2.75) is 46.5 Å². The highest BCUT2D eigenvalue weighted by Crippen LogP contribution is 2.35. The molecule has 1 saturated heterocycles. The molecule has 116 valence electrons. The fraction of sp³-hybridized carbons (Fsp3) is 0.867. The molecule has 0 spiro atoms. The Labute approximate surface area is 121 Å². The molecule has 1 unspecified atom stereocenters. The normalized spacial score (nSPS) is 19.9. The van der Waals surface area contributed by atoms with Crippen LogP contribution in [0.5, 0.6) is 0 Å². The average molecular weight is 284 g/mol. The molecule has 1 rings (SSSR count). The van der Waals surface area contributed by atoms with E-state index in [1.807, 2.05) is 6.92 Å². The number of hydrogen-bond donors (Lipinski definition) is 2. The van der Waals surface area contributed by atoms with Crippen LogP contribution in [0.1, 0.15) is 46.5 Å². The number of piperidine rings is 1. The van der Waals surface area contributed by atoms with Crippen LogP contribution in [0.15, 0.2) is 0 Å². The monoisotopic (exact) mass is 284 g/mol. The minimum atomic E-state index is -0.732. The number of carboxylic acids is 1. The first-order valence-electron chi connectivity index (χ1n) is 7.58. The molecule has 0 bridgehead atoms. The van der Waals surface area contributed by atoms with Crippen molar-refractivity contribution >= 4 is 11.9 Å². The van der Waals surface area contributed by atoms with Crippen molar-refractivity contribution in [3.05, 3.63) is 0 Å². The highest BCUT2D eigenvalue weighted by molar-refractivity contribution is 5.80. The van der Waals surface area contributed by atoms with Gasteiger partial charge in [0.05, 0.1) is 11.3 Å². The van der Waals surface area contributed by atoms with E-state index in [9.17, 15) is 14.7 Å². The molecule has 20 heavy (non-hydrogen) atoms. The fourth-order valence-electron chi connectivity index (χ4n) is 3.00. The first-order valence-corrected chi connectivity index (χ1v) is 7.58. The number of rotatable bonds is 6. The van der Waals surface area contributed by atoms with E-state index in [0.717, 1.165) is 6.42 Å². The summed E-state index contributed by atoms with van der Waals surface area (Å²) in [6, 6.07) is 0. The summed E-state index contributed by atoms with van der Waals surface area (Å²) in [6.07, 6.45) is 2.51. The molecule has 1 amide bonds. The maximum absolute atomic E-state index is 12.4. The van der Waals surface area contributed by atoms with Gasteiger partial charge in [0, 0.05) is 19.6 Å². The Morgan fingerprint density at radius 3 is 2.20 bits per heavy atom. The molecule has 1 atom stereocenters. The predicted molar refractivity (Wildman–Crippen MR) is 78.2 cm³/mol. The summed E-state index contributed by atoms with van der Waals surface area (Å²) < 4.78 is 0. The van der Waals surface area contributed by atoms with Gasteiger partial charge in [-0.1, -0.05) is 20.8 Å². The highest BCUT2D eigenvalue weighted by atomic mass is 16.4. The molecule has 1 fully saturated rings. The Morgan fingerprint density at radius 1 is 1.30 bits per heavy atom. The lowest BCUT2D eigenvalue weighted by atomic mass is 9.76. The van der Waals surface area contributed by atoms with Crippen LogP contribution in [-0.4, -0.2) is 41.5 Å². The van der Waals surface area contributed by atoms with Crippen LogP contribution in [0.3, 0.4) is 0 Å². The van der Waals surface area contributed by atoms with Crippen molar-refractivity contribution in [1.29, 1.82) is 0 Å². The van der Waals surface area contributed by atoms with Gasteiger partial charge in [-0.3, -0.25) is 9.59 Å². The van der Waals surface area contributed by atoms with Gasteiger partial charge in [0.25, 0.3) is 0 Å². The van der Waals surface area contributed by atoms with Crippen LogP contribution in [-0.2, 0) is 9.59 Å². The van der Waals surface area contributed by atoms with Crippen molar-refractivity contribution in [3.63, 3.8) is 0 Å². The Bertz CT molecular complexity index is 347. The van der Waals surface area contributed by atoms with E-state index < -0.39 is 11.4 Å². The summed E-state index contributed by atoms with van der Waals surface area (Å²) in [5.41, 5.74) is 5.07. The van der Waals surface area contributed by atoms with Crippen molar-refractivity contribution in [1.82, 2.24) is 4.90 Å². The van der Waals surface area contributed by atoms with Crippen molar-refractivity contribution < 1.29 is 14.7 Å². The third-order valence-electron chi connectivity index (χ3n) is 4.55. The molecule has 1 heterocycles. The van der Waals surface area contributed by atoms with Gasteiger partial charge in [0.1, 0.15) is 0 Å². The maximum Gasteiger partial charge on any atom is 0.309 e. The Kier molecular flexibility index (Phi) is 5.99. The SMILES string of the molecule is CCC1(C(=O)O)CCN(C(=O)C(CN)CC(C)C)CC1. The fourth-order valence-corrected chi connectivity index (χ4v) is 3.00. The summed E-state index contributed by atoms with van der Waals surface area (Å²) >= 11 is 0. The van der Waals surface area contributed by atoms with Gasteiger partial charge < -0.3 is 15.7 Å². The van der Waals surface area contributed by atoms with Crippen molar-refractivity contribution in [3.8, 4) is 0 Å². The van der Waals surface area contributed by atoms with E-state index in [1.54, 1.807) is 4.90 Å². The third-order valence-corrected chi connectivity index (χ3v) is 4.55. The van der Waals surface area contributed by atoms with Crippen LogP contribution in [0, 0.1) is 17.3 Å². The standard InChI is InChI=1S/C15H28N2O3/c1-4-15(14(19)20)5-7-17(8-6-15)13(18)12(10-16)9-11(2)3/h11-12H,4-10,16H2,1-3H3,(H,19,20). The molecular formula is C15H28N2O3. The number of likely N-dealkylation sites (tertiary alicyclic amines) is 1. The molecule has 1 aliphatic heterocycles. The number of carbonyl (C=O) groups excluding carboxylic acids is 1. The quantitative estimate of drug-likeness (QED) is 0.777. The predicted octanol–water partition coefficient (Wildman–Crippen LogP) is 1.71. The van der Waals surface area contributed by atoms with E-state index in [0.29, 0.717) is 44.8 Å². The molecule has 1 aliphatic rings. The summed E-state index contributed by atoms with van der Waals surface area (Å²) in [6.45, 7) is 7.51. The second kappa shape index (κ2) is 7.07. The van der Waals surface area contributed by atoms with E-state index >= 15 is 0 Å². The zero-order valence-corrected chi connectivity index (χ0v) is 12.9. The summed E-state index contributed by atoms with van der Waals surface area (Å²) in [5, 5.41) is 9.36. The lowest BCUT2D eigenvalue weighted by Gasteiger charge is -2.39. The number of carboxylic acid groups (broad SMARTS) is 1. The van der Waals surface area contributed by atoms with Gasteiger partial charge in [-0.05, 0) is 31.6 Å². The number of nitrogens with zero attached hydrogens (tertiary/aromatic N) is 1. The van der Waals surface area contributed by atoms with Crippen LogP contribution in [0.2, 0.25) is 0 Å². The second-order valence-corrected chi connectivity index (χ2v) is 6.33. The molecule has 5 nitrogen and oxygen atoms in total. The summed E-state index contributed by atoms with van der Waals surface area (Å²) in [5.74, 6) is -0.332. The lowest BCUT2D eigenvalue weighted by Crippen LogP contribution is -2.49. The van der Waals surface area contributed by atoms with Crippen LogP contribution in [0.25, 0.3) is 0 Å². The first-order chi connectivity index (χ1) is 9.36. The van der Waals surface area contributed by atoms with Gasteiger partial charge >= 0.3 is 5.97 Å². The first kappa shape index (κ1) is 17.0. The molecule has 0 aromatic heterocycles. The Balaban J connectivity index is 2.64. The smallest absolute Gasteiger partial charge is 0.309 e. The molecule has 0 aromatic rings. The molecule has 0 radical (unpaired) electrons. The minimum absolute atomic E-state index is 0.0938. The number of amides is 1. The van der Waals surface area contributed by atoms with E-state index in [2.05, 4.69) is 13.8 Å². The Morgan fingerprint density at radius 2 is 1.85 bits per heavy atom. The lowest BCUT2D eigenvalue weighted by molar-refractivity contribution is -0.155. The topological polar surface area (TPSA) is 83.6 Å². The largest absolute Gasteiger partial charge is 0.481 e. The van der Waals surface area contributed by atoms with Gasteiger partial charge in [-0.2, -0.15) is 0 Å². The zero-order valence-electron chi connectivity index (χ0n) is 12.9. The molecule has 0 aromatic carbocycles. The van der Waals surface area contributed by atoms with E-state index in [-0.39, 0.29) is 11.8 Å². The van der Waals surface area contributed by atoms with Gasteiger partial charge in [0.2, 0.25) is 5.91 Å². The van der Waals surface area contributed by atoms with E-state index in [4.69, 9.17) is 5.73 Å². The number of aliphatic carboxylic acids is 1. The van der Waals surface area contributed by atoms with Gasteiger partial charge in [-0.25, -0.2) is 0 Å².